The number of sulfone groups is 1. The molecule has 22 heavy (non-hydrogen) atoms. The van der Waals surface area contributed by atoms with Crippen molar-refractivity contribution in [3.63, 3.8) is 0 Å². The van der Waals surface area contributed by atoms with Crippen LogP contribution in [-0.2, 0) is 21.6 Å². The Morgan fingerprint density at radius 3 is 2.64 bits per heavy atom. The van der Waals surface area contributed by atoms with Crippen LogP contribution in [0, 0.1) is 0 Å². The Hall–Kier alpha value is -1.99. The summed E-state index contributed by atoms with van der Waals surface area (Å²) < 4.78 is 31.9. The number of nitrogen functional groups attached to an aromatic ring is 1. The average molecular weight is 343 g/mol. The Bertz CT molecular complexity index is 827. The lowest BCUT2D eigenvalue weighted by atomic mass is 10.3. The summed E-state index contributed by atoms with van der Waals surface area (Å²) in [6, 6.07) is 4.16. The van der Waals surface area contributed by atoms with Gasteiger partial charge in [-0.2, -0.15) is 0 Å². The van der Waals surface area contributed by atoms with Crippen molar-refractivity contribution in [2.45, 2.75) is 16.7 Å². The molecule has 2 N–H and O–H groups in total. The summed E-state index contributed by atoms with van der Waals surface area (Å²) in [6.45, 7) is 1.79. The molecule has 0 aliphatic heterocycles. The van der Waals surface area contributed by atoms with Crippen molar-refractivity contribution >= 4 is 33.1 Å². The Morgan fingerprint density at radius 1 is 1.32 bits per heavy atom. The summed E-state index contributed by atoms with van der Waals surface area (Å²) in [4.78, 5) is 11.6. The first kappa shape index (κ1) is 16.4. The van der Waals surface area contributed by atoms with Gasteiger partial charge in [0.25, 0.3) is 0 Å². The summed E-state index contributed by atoms with van der Waals surface area (Å²) in [7, 11) is -2.38. The maximum Gasteiger partial charge on any atom is 0.341 e. The van der Waals surface area contributed by atoms with E-state index in [2.05, 4.69) is 0 Å². The standard InChI is InChI=1S/C14H15ClN2O4S/c1-3-21-14(18)10-7-17(2)8-13(10)22(19,20)12-6-9(15)4-5-11(12)16/h4-8H,3,16H2,1-2H3. The van der Waals surface area contributed by atoms with Gasteiger partial charge < -0.3 is 15.0 Å². The zero-order valence-electron chi connectivity index (χ0n) is 12.0. The molecule has 6 nitrogen and oxygen atoms in total. The lowest BCUT2D eigenvalue weighted by Crippen LogP contribution is -2.11. The summed E-state index contributed by atoms with van der Waals surface area (Å²) in [6.07, 6.45) is 2.73. The molecule has 0 spiro atoms. The monoisotopic (exact) mass is 342 g/mol. The number of benzene rings is 1. The highest BCUT2D eigenvalue weighted by Gasteiger charge is 2.29. The molecule has 8 heteroatoms. The summed E-state index contributed by atoms with van der Waals surface area (Å²) in [5, 5.41) is 0.237. The normalized spacial score (nSPS) is 11.4. The fourth-order valence-electron chi connectivity index (χ4n) is 1.99. The SMILES string of the molecule is CCOC(=O)c1cn(C)cc1S(=O)(=O)c1cc(Cl)ccc1N. The van der Waals surface area contributed by atoms with E-state index in [1.165, 1.54) is 35.2 Å². The fraction of sp³-hybridized carbons (Fsp3) is 0.214. The molecule has 0 radical (unpaired) electrons. The van der Waals surface area contributed by atoms with E-state index in [1.54, 1.807) is 14.0 Å². The van der Waals surface area contributed by atoms with Gasteiger partial charge in [0.1, 0.15) is 4.90 Å². The van der Waals surface area contributed by atoms with Crippen molar-refractivity contribution in [2.24, 2.45) is 7.05 Å². The molecule has 118 valence electrons. The Labute approximate surface area is 133 Å². The summed E-state index contributed by atoms with van der Waals surface area (Å²) in [5.41, 5.74) is 5.76. The van der Waals surface area contributed by atoms with Crippen LogP contribution in [0.5, 0.6) is 0 Å². The van der Waals surface area contributed by atoms with Gasteiger partial charge in [0.15, 0.2) is 0 Å². The number of nitrogens with zero attached hydrogens (tertiary/aromatic N) is 1. The Kier molecular flexibility index (Phi) is 4.48. The van der Waals surface area contributed by atoms with Crippen LogP contribution in [0.2, 0.25) is 5.02 Å². The van der Waals surface area contributed by atoms with Gasteiger partial charge in [0, 0.05) is 24.5 Å². The third kappa shape index (κ3) is 2.95. The summed E-state index contributed by atoms with van der Waals surface area (Å²) >= 11 is 5.85. The lowest BCUT2D eigenvalue weighted by molar-refractivity contribution is 0.0522. The van der Waals surface area contributed by atoms with Gasteiger partial charge in [0.2, 0.25) is 9.84 Å². The second kappa shape index (κ2) is 6.02. The van der Waals surface area contributed by atoms with Crippen LogP contribution in [-0.4, -0.2) is 25.6 Å². The van der Waals surface area contributed by atoms with E-state index < -0.39 is 15.8 Å². The molecular weight excluding hydrogens is 328 g/mol. The molecule has 2 aromatic rings. The number of carbonyl (C=O) groups excluding carboxylic acids is 1. The minimum atomic E-state index is -4.00. The van der Waals surface area contributed by atoms with Crippen LogP contribution in [0.4, 0.5) is 5.69 Å². The van der Waals surface area contributed by atoms with E-state index in [0.29, 0.717) is 0 Å². The second-order valence-electron chi connectivity index (χ2n) is 4.61. The molecule has 2 rings (SSSR count). The van der Waals surface area contributed by atoms with Crippen molar-refractivity contribution in [1.29, 1.82) is 0 Å². The number of hydrogen-bond donors (Lipinski definition) is 1. The molecule has 0 aliphatic carbocycles. The third-order valence-corrected chi connectivity index (χ3v) is 5.04. The molecule has 0 amide bonds. The summed E-state index contributed by atoms with van der Waals surface area (Å²) in [5.74, 6) is -0.706. The number of rotatable bonds is 4. The van der Waals surface area contributed by atoms with Gasteiger partial charge in [-0.05, 0) is 25.1 Å². The van der Waals surface area contributed by atoms with E-state index in [1.807, 2.05) is 0 Å². The van der Waals surface area contributed by atoms with E-state index in [0.717, 1.165) is 0 Å². The largest absolute Gasteiger partial charge is 0.462 e. The number of ether oxygens (including phenoxy) is 1. The van der Waals surface area contributed by atoms with Gasteiger partial charge >= 0.3 is 5.97 Å². The van der Waals surface area contributed by atoms with Gasteiger partial charge in [-0.1, -0.05) is 11.6 Å². The number of anilines is 1. The van der Waals surface area contributed by atoms with Crippen molar-refractivity contribution in [3.8, 4) is 0 Å². The van der Waals surface area contributed by atoms with Gasteiger partial charge in [0.05, 0.1) is 22.8 Å². The first-order chi connectivity index (χ1) is 10.3. The zero-order chi connectivity index (χ0) is 16.5. The van der Waals surface area contributed by atoms with Crippen LogP contribution in [0.1, 0.15) is 17.3 Å². The molecule has 0 aliphatic rings. The van der Waals surface area contributed by atoms with E-state index >= 15 is 0 Å². The van der Waals surface area contributed by atoms with Crippen molar-refractivity contribution in [3.05, 3.63) is 41.2 Å². The Morgan fingerprint density at radius 2 is 2.00 bits per heavy atom. The highest BCUT2D eigenvalue weighted by molar-refractivity contribution is 7.91. The number of aromatic nitrogens is 1. The number of esters is 1. The smallest absolute Gasteiger partial charge is 0.341 e. The maximum absolute atomic E-state index is 12.8. The predicted molar refractivity (Wildman–Crippen MR) is 82.7 cm³/mol. The molecule has 0 unspecified atom stereocenters. The number of carbonyl (C=O) groups is 1. The first-order valence-corrected chi connectivity index (χ1v) is 8.26. The highest BCUT2D eigenvalue weighted by atomic mass is 35.5. The van der Waals surface area contributed by atoms with Gasteiger partial charge in [-0.25, -0.2) is 13.2 Å². The quantitative estimate of drug-likeness (QED) is 0.679. The molecular formula is C14H15ClN2O4S. The average Bonchev–Trinajstić information content (AvgIpc) is 2.84. The molecule has 0 saturated heterocycles. The molecule has 0 atom stereocenters. The van der Waals surface area contributed by atoms with E-state index in [-0.39, 0.29) is 32.7 Å². The lowest BCUT2D eigenvalue weighted by Gasteiger charge is -2.08. The third-order valence-electron chi connectivity index (χ3n) is 2.97. The van der Waals surface area contributed by atoms with Gasteiger partial charge in [-0.15, -0.1) is 0 Å². The number of halogens is 1. The van der Waals surface area contributed by atoms with E-state index in [4.69, 9.17) is 22.1 Å². The zero-order valence-corrected chi connectivity index (χ0v) is 13.6. The van der Waals surface area contributed by atoms with Crippen LogP contribution >= 0.6 is 11.6 Å². The maximum atomic E-state index is 12.8. The van der Waals surface area contributed by atoms with Crippen molar-refractivity contribution in [1.82, 2.24) is 4.57 Å². The molecule has 1 heterocycles. The van der Waals surface area contributed by atoms with Crippen LogP contribution in [0.25, 0.3) is 0 Å². The predicted octanol–water partition coefficient (Wildman–Crippen LogP) is 2.27. The van der Waals surface area contributed by atoms with Crippen molar-refractivity contribution in [2.75, 3.05) is 12.3 Å². The van der Waals surface area contributed by atoms with Crippen LogP contribution in [0.15, 0.2) is 40.4 Å². The van der Waals surface area contributed by atoms with Gasteiger partial charge in [-0.3, -0.25) is 0 Å². The van der Waals surface area contributed by atoms with Crippen LogP contribution < -0.4 is 5.73 Å². The minimum absolute atomic E-state index is 0.0382. The van der Waals surface area contributed by atoms with E-state index in [9.17, 15) is 13.2 Å². The number of aryl methyl sites for hydroxylation is 1. The topological polar surface area (TPSA) is 91.4 Å². The number of hydrogen-bond acceptors (Lipinski definition) is 5. The second-order valence-corrected chi connectivity index (χ2v) is 6.93. The van der Waals surface area contributed by atoms with Crippen LogP contribution in [0.3, 0.4) is 0 Å². The molecule has 1 aromatic carbocycles. The Balaban J connectivity index is 2.64. The highest BCUT2D eigenvalue weighted by Crippen LogP contribution is 2.31. The number of nitrogens with two attached hydrogens (primary N) is 1. The van der Waals surface area contributed by atoms with Crippen molar-refractivity contribution < 1.29 is 17.9 Å². The molecule has 1 aromatic heterocycles. The molecule has 0 saturated carbocycles. The molecule has 0 fully saturated rings. The first-order valence-electron chi connectivity index (χ1n) is 6.40. The minimum Gasteiger partial charge on any atom is -0.462 e. The fourth-order valence-corrected chi connectivity index (χ4v) is 3.86. The molecule has 0 bridgehead atoms.